The maximum Gasteiger partial charge on any atom is 0.0619 e. The van der Waals surface area contributed by atoms with E-state index in [0.717, 1.165) is 22.8 Å². The average molecular weight is 703 g/mol. The summed E-state index contributed by atoms with van der Waals surface area (Å²) in [6.07, 6.45) is 47.8. The van der Waals surface area contributed by atoms with Gasteiger partial charge in [0.2, 0.25) is 0 Å². The van der Waals surface area contributed by atoms with Crippen LogP contribution in [0.2, 0.25) is 0 Å². The lowest BCUT2D eigenvalue weighted by molar-refractivity contribution is 0.397. The van der Waals surface area contributed by atoms with Crippen LogP contribution >= 0.6 is 0 Å². The van der Waals surface area contributed by atoms with Crippen LogP contribution in [-0.2, 0) is 5.41 Å². The van der Waals surface area contributed by atoms with Crippen LogP contribution < -0.4 is 21.3 Å². The van der Waals surface area contributed by atoms with Gasteiger partial charge in [-0.1, -0.05) is 139 Å². The Balaban J connectivity index is 1.23. The van der Waals surface area contributed by atoms with Crippen LogP contribution in [0.1, 0.15) is 126 Å². The van der Waals surface area contributed by atoms with Crippen molar-refractivity contribution < 1.29 is 0 Å². The minimum absolute atomic E-state index is 0.00247. The molecule has 4 heterocycles. The molecule has 0 aromatic heterocycles. The third kappa shape index (κ3) is 8.33. The zero-order valence-corrected chi connectivity index (χ0v) is 31.9. The van der Waals surface area contributed by atoms with Gasteiger partial charge >= 0.3 is 0 Å². The molecule has 0 saturated carbocycles. The van der Waals surface area contributed by atoms with E-state index in [1.165, 1.54) is 134 Å². The molecule has 4 N–H and O–H groups in total. The van der Waals surface area contributed by atoms with Gasteiger partial charge in [0, 0.05) is 30.2 Å². The summed E-state index contributed by atoms with van der Waals surface area (Å²) < 4.78 is 0. The summed E-state index contributed by atoms with van der Waals surface area (Å²) in [5, 5.41) is 13.9. The fourth-order valence-corrected chi connectivity index (χ4v) is 8.60. The molecule has 0 unspecified atom stereocenters. The molecule has 274 valence electrons. The van der Waals surface area contributed by atoms with E-state index in [1.807, 2.05) is 24.6 Å². The first-order valence-electron chi connectivity index (χ1n) is 20.5. The quantitative estimate of drug-likeness (QED) is 0.132. The zero-order valence-electron chi connectivity index (χ0n) is 31.9. The summed E-state index contributed by atoms with van der Waals surface area (Å²) in [4.78, 5) is 0. The second-order valence-electron chi connectivity index (χ2n) is 15.2. The van der Waals surface area contributed by atoms with Crippen molar-refractivity contribution in [3.8, 4) is 11.1 Å². The third-order valence-corrected chi connectivity index (χ3v) is 11.6. The summed E-state index contributed by atoms with van der Waals surface area (Å²) in [5.74, 6) is 0. The Morgan fingerprint density at radius 3 is 1.26 bits per heavy atom. The maximum absolute atomic E-state index is 3.58. The smallest absolute Gasteiger partial charge is 0.0619 e. The Kier molecular flexibility index (Phi) is 12.2. The minimum Gasteiger partial charge on any atom is -0.360 e. The second kappa shape index (κ2) is 17.7. The number of dihydropyridines is 4. The van der Waals surface area contributed by atoms with Crippen LogP contribution in [0, 0.1) is 0 Å². The number of hydrogen-bond acceptors (Lipinski definition) is 4. The van der Waals surface area contributed by atoms with Crippen LogP contribution in [0.4, 0.5) is 0 Å². The molecule has 4 aliphatic heterocycles. The van der Waals surface area contributed by atoms with Crippen LogP contribution in [-0.4, -0.2) is 0 Å². The van der Waals surface area contributed by atoms with Gasteiger partial charge in [0.15, 0.2) is 0 Å². The molecular formula is C49H58N4. The average Bonchev–Trinajstić information content (AvgIpc) is 3.49. The summed E-state index contributed by atoms with van der Waals surface area (Å²) in [5.41, 5.74) is 15.3. The third-order valence-electron chi connectivity index (χ3n) is 11.6. The summed E-state index contributed by atoms with van der Waals surface area (Å²) in [7, 11) is 0. The fourth-order valence-electron chi connectivity index (χ4n) is 8.60. The molecular weight excluding hydrogens is 645 g/mol. The largest absolute Gasteiger partial charge is 0.360 e. The normalized spacial score (nSPS) is 20.3. The summed E-state index contributed by atoms with van der Waals surface area (Å²) in [6.45, 7) is 4.63. The monoisotopic (exact) mass is 702 g/mol. The molecule has 4 nitrogen and oxygen atoms in total. The molecule has 1 aliphatic carbocycles. The second-order valence-corrected chi connectivity index (χ2v) is 15.2. The predicted octanol–water partition coefficient (Wildman–Crippen LogP) is 12.2. The van der Waals surface area contributed by atoms with Crippen molar-refractivity contribution in [2.75, 3.05) is 0 Å². The van der Waals surface area contributed by atoms with Gasteiger partial charge < -0.3 is 21.3 Å². The molecule has 0 amide bonds. The van der Waals surface area contributed by atoms with Crippen LogP contribution in [0.5, 0.6) is 0 Å². The molecule has 0 radical (unpaired) electrons. The Hall–Kier alpha value is -4.96. The molecule has 7 rings (SSSR count). The molecule has 0 saturated heterocycles. The van der Waals surface area contributed by atoms with Gasteiger partial charge in [-0.25, -0.2) is 0 Å². The number of hydrogen-bond donors (Lipinski definition) is 4. The van der Waals surface area contributed by atoms with Gasteiger partial charge in [-0.2, -0.15) is 0 Å². The van der Waals surface area contributed by atoms with Crippen LogP contribution in [0.15, 0.2) is 145 Å². The van der Waals surface area contributed by atoms with E-state index in [-0.39, 0.29) is 5.41 Å². The number of benzene rings is 2. The highest BCUT2D eigenvalue weighted by Crippen LogP contribution is 2.55. The highest BCUT2D eigenvalue weighted by Gasteiger charge is 2.42. The van der Waals surface area contributed by atoms with Crippen molar-refractivity contribution >= 4 is 11.1 Å². The minimum atomic E-state index is -0.00247. The number of nitrogens with one attached hydrogen (secondary N) is 4. The molecule has 0 atom stereocenters. The lowest BCUT2D eigenvalue weighted by atomic mass is 9.70. The number of rotatable bonds is 16. The van der Waals surface area contributed by atoms with Gasteiger partial charge in [-0.3, -0.25) is 0 Å². The van der Waals surface area contributed by atoms with E-state index in [0.29, 0.717) is 0 Å². The molecule has 5 aliphatic rings. The Morgan fingerprint density at radius 2 is 0.868 bits per heavy atom. The lowest BCUT2D eigenvalue weighted by Crippen LogP contribution is -2.26. The summed E-state index contributed by atoms with van der Waals surface area (Å²) >= 11 is 0. The summed E-state index contributed by atoms with van der Waals surface area (Å²) in [6, 6.07) is 14.6. The Labute approximate surface area is 318 Å². The van der Waals surface area contributed by atoms with Crippen molar-refractivity contribution in [1.82, 2.24) is 21.3 Å². The van der Waals surface area contributed by atoms with Crippen molar-refractivity contribution in [3.05, 3.63) is 167 Å². The highest BCUT2D eigenvalue weighted by molar-refractivity contribution is 5.87. The van der Waals surface area contributed by atoms with E-state index in [2.05, 4.69) is 133 Å². The number of allylic oxidation sites excluding steroid dienone is 12. The standard InChI is InChI=1S/C49H58N4/c1-3-5-7-9-11-15-29-49(30-16-12-10-8-6-4-2)43-33-37(39-23-27-47(52-35-39)45-19-13-17-31-50-45)21-25-41(43)42-26-22-38(34-44(42)49)40-24-28-48(53-36-40)46-20-14-18-32-51-46/h13-14,17-28,31-36,50-53H,3-12,15-16,29-30H2,1-2H3. The molecule has 0 fully saturated rings. The number of unbranched alkanes of at least 4 members (excludes halogenated alkanes) is 10. The van der Waals surface area contributed by atoms with Crippen molar-refractivity contribution in [3.63, 3.8) is 0 Å². The molecule has 2 aromatic carbocycles. The van der Waals surface area contributed by atoms with Crippen molar-refractivity contribution in [2.45, 2.75) is 109 Å². The first-order valence-corrected chi connectivity index (χ1v) is 20.5. The van der Waals surface area contributed by atoms with Gasteiger partial charge in [0.1, 0.15) is 0 Å². The Bertz CT molecular complexity index is 1810. The molecule has 2 aromatic rings. The maximum atomic E-state index is 3.58. The van der Waals surface area contributed by atoms with E-state index in [9.17, 15) is 0 Å². The molecule has 4 heteroatoms. The van der Waals surface area contributed by atoms with E-state index in [1.54, 1.807) is 0 Å². The van der Waals surface area contributed by atoms with Gasteiger partial charge in [-0.15, -0.1) is 0 Å². The number of fused-ring (bicyclic) bond motifs is 3. The topological polar surface area (TPSA) is 48.1 Å². The molecule has 0 spiro atoms. The van der Waals surface area contributed by atoms with Crippen LogP contribution in [0.25, 0.3) is 22.3 Å². The van der Waals surface area contributed by atoms with Gasteiger partial charge in [0.05, 0.1) is 22.8 Å². The van der Waals surface area contributed by atoms with Crippen molar-refractivity contribution in [1.29, 1.82) is 0 Å². The van der Waals surface area contributed by atoms with E-state index in [4.69, 9.17) is 0 Å². The van der Waals surface area contributed by atoms with Gasteiger partial charge in [0.25, 0.3) is 0 Å². The lowest BCUT2D eigenvalue weighted by Gasteiger charge is -2.33. The predicted molar refractivity (Wildman–Crippen MR) is 226 cm³/mol. The highest BCUT2D eigenvalue weighted by atomic mass is 14.9. The van der Waals surface area contributed by atoms with Gasteiger partial charge in [-0.05, 0) is 106 Å². The van der Waals surface area contributed by atoms with E-state index < -0.39 is 0 Å². The Morgan fingerprint density at radius 1 is 0.434 bits per heavy atom. The fraction of sp³-hybridized carbons (Fsp3) is 0.347. The zero-order chi connectivity index (χ0) is 36.3. The first kappa shape index (κ1) is 36.4. The molecule has 53 heavy (non-hydrogen) atoms. The first-order chi connectivity index (χ1) is 26.2. The SMILES string of the molecule is CCCCCCCCC1(CCCCCCCC)c2cc(C3=CNC(=C4C=CC=CN4)C=C3)ccc2-c2ccc(C3=CNC(=C4C=CC=CN4)C=C3)cc21. The van der Waals surface area contributed by atoms with E-state index >= 15 is 0 Å². The van der Waals surface area contributed by atoms with Crippen LogP contribution in [0.3, 0.4) is 0 Å². The van der Waals surface area contributed by atoms with Crippen molar-refractivity contribution in [2.24, 2.45) is 0 Å². The molecule has 0 bridgehead atoms.